The van der Waals surface area contributed by atoms with Crippen LogP contribution in [0.2, 0.25) is 0 Å². The fourth-order valence-electron chi connectivity index (χ4n) is 0.409. The zero-order valence-corrected chi connectivity index (χ0v) is 9.03. The summed E-state index contributed by atoms with van der Waals surface area (Å²) in [6, 6.07) is 0. The van der Waals surface area contributed by atoms with E-state index in [0.717, 1.165) is 9.99 Å². The lowest BCUT2D eigenvalue weighted by Gasteiger charge is -2.10. The molecule has 1 rings (SSSR count). The largest absolute Gasteiger partial charge is 0.304 e. The Kier molecular flexibility index (Phi) is 4.70. The second-order valence-electron chi connectivity index (χ2n) is 1.61. The van der Waals surface area contributed by atoms with Crippen LogP contribution in [-0.2, 0) is 0 Å². The Bertz CT molecular complexity index is 170. The van der Waals surface area contributed by atoms with E-state index < -0.39 is 0 Å². The van der Waals surface area contributed by atoms with Gasteiger partial charge >= 0.3 is 0 Å². The molecule has 2 nitrogen and oxygen atoms in total. The van der Waals surface area contributed by atoms with E-state index in [1.165, 1.54) is 0 Å². The highest BCUT2D eigenvalue weighted by atomic mass is 33.1. The first-order valence-corrected chi connectivity index (χ1v) is 6.36. The summed E-state index contributed by atoms with van der Waals surface area (Å²) in [5, 5.41) is 0. The van der Waals surface area contributed by atoms with E-state index >= 15 is 0 Å². The quantitative estimate of drug-likeness (QED) is 0.250. The number of nitrogens with one attached hydrogen (secondary N) is 1. The van der Waals surface area contributed by atoms with E-state index in [1.807, 2.05) is 16.1 Å². The molecule has 11 heavy (non-hydrogen) atoms. The average molecular weight is 224 g/mol. The number of rotatable bonds is 4. The fourth-order valence-corrected chi connectivity index (χ4v) is 3.52. The predicted molar refractivity (Wildman–Crippen MR) is 59.9 cm³/mol. The maximum Gasteiger partial charge on any atom is 0.0726 e. The Labute approximate surface area is 84.3 Å². The molecule has 0 aromatic rings. The van der Waals surface area contributed by atoms with Crippen LogP contribution >= 0.6 is 46.4 Å². The van der Waals surface area contributed by atoms with Crippen molar-refractivity contribution in [2.75, 3.05) is 5.75 Å². The molecule has 0 unspecified atom stereocenters. The van der Waals surface area contributed by atoms with Crippen LogP contribution in [0.25, 0.3) is 0 Å². The van der Waals surface area contributed by atoms with Crippen molar-refractivity contribution in [2.24, 2.45) is 0 Å². The highest BCUT2D eigenvalue weighted by Crippen LogP contribution is 2.37. The van der Waals surface area contributed by atoms with Crippen molar-refractivity contribution in [2.45, 2.75) is 0 Å². The van der Waals surface area contributed by atoms with Crippen LogP contribution in [0, 0.1) is 0 Å². The van der Waals surface area contributed by atoms with Crippen LogP contribution in [0.5, 0.6) is 0 Å². The smallest absolute Gasteiger partial charge is 0.0726 e. The summed E-state index contributed by atoms with van der Waals surface area (Å²) in [6.07, 6.45) is 3.74. The lowest BCUT2D eigenvalue weighted by Crippen LogP contribution is -2.13. The number of thiol groups is 1. The Hall–Kier alpha value is 0.640. The third kappa shape index (κ3) is 3.71. The van der Waals surface area contributed by atoms with Gasteiger partial charge in [0.2, 0.25) is 0 Å². The molecule has 0 saturated carbocycles. The minimum atomic E-state index is 0.950. The molecule has 6 heteroatoms. The Morgan fingerprint density at radius 1 is 1.91 bits per heavy atom. The minimum Gasteiger partial charge on any atom is -0.304 e. The van der Waals surface area contributed by atoms with Gasteiger partial charge in [0.05, 0.1) is 4.24 Å². The third-order valence-electron chi connectivity index (χ3n) is 0.776. The van der Waals surface area contributed by atoms with Crippen molar-refractivity contribution in [3.8, 4) is 0 Å². The van der Waals surface area contributed by atoms with Crippen LogP contribution in [0.15, 0.2) is 23.1 Å². The fraction of sp³-hybridized carbons (Fsp3) is 0.200. The summed E-state index contributed by atoms with van der Waals surface area (Å²) < 4.78 is 2.92. The number of hydrogen-bond acceptors (Lipinski definition) is 6. The molecule has 0 aromatic carbocycles. The monoisotopic (exact) mass is 224 g/mol. The molecule has 1 heterocycles. The van der Waals surface area contributed by atoms with E-state index in [9.17, 15) is 0 Å². The lowest BCUT2D eigenvalue weighted by atomic mass is 10.8. The molecule has 0 saturated heterocycles. The Morgan fingerprint density at radius 2 is 2.73 bits per heavy atom. The van der Waals surface area contributed by atoms with Gasteiger partial charge in [-0.05, 0) is 0 Å². The molecule has 0 fully saturated rings. The first-order valence-electron chi connectivity index (χ1n) is 2.87. The maximum absolute atomic E-state index is 4.17. The first-order chi connectivity index (χ1) is 5.33. The van der Waals surface area contributed by atoms with Gasteiger partial charge < -0.3 is 5.43 Å². The number of nitrogens with zero attached hydrogens (tertiary/aromatic N) is 1. The Morgan fingerprint density at radius 3 is 3.27 bits per heavy atom. The van der Waals surface area contributed by atoms with E-state index in [4.69, 9.17) is 0 Å². The number of hydrogen-bond donors (Lipinski definition) is 2. The van der Waals surface area contributed by atoms with Crippen molar-refractivity contribution in [1.29, 1.82) is 0 Å². The van der Waals surface area contributed by atoms with Crippen molar-refractivity contribution >= 4 is 46.4 Å². The van der Waals surface area contributed by atoms with E-state index in [-0.39, 0.29) is 0 Å². The topological polar surface area (TPSA) is 15.3 Å². The van der Waals surface area contributed by atoms with Crippen LogP contribution in [0.1, 0.15) is 0 Å². The van der Waals surface area contributed by atoms with Gasteiger partial charge in [0.15, 0.2) is 0 Å². The molecule has 1 aliphatic rings. The summed E-state index contributed by atoms with van der Waals surface area (Å²) in [6.45, 7) is 3.63. The maximum atomic E-state index is 4.17. The summed E-state index contributed by atoms with van der Waals surface area (Å²) in [5.41, 5.74) is 3.03. The van der Waals surface area contributed by atoms with Gasteiger partial charge in [-0.3, -0.25) is 0 Å². The summed E-state index contributed by atoms with van der Waals surface area (Å²) >= 11 is 5.75. The third-order valence-corrected chi connectivity index (χ3v) is 4.35. The molecular weight excluding hydrogens is 216 g/mol. The van der Waals surface area contributed by atoms with Gasteiger partial charge in [-0.2, -0.15) is 0 Å². The molecule has 0 radical (unpaired) electrons. The molecule has 0 bridgehead atoms. The summed E-state index contributed by atoms with van der Waals surface area (Å²) in [5.74, 6) is 0.950. The van der Waals surface area contributed by atoms with E-state index in [2.05, 4.69) is 24.6 Å². The van der Waals surface area contributed by atoms with Crippen LogP contribution in [0.4, 0.5) is 0 Å². The highest BCUT2D eigenvalue weighted by molar-refractivity contribution is 8.77. The van der Waals surface area contributed by atoms with Gasteiger partial charge in [0.1, 0.15) is 0 Å². The van der Waals surface area contributed by atoms with Crippen molar-refractivity contribution in [3.63, 3.8) is 0 Å². The van der Waals surface area contributed by atoms with Gasteiger partial charge in [-0.1, -0.05) is 20.7 Å². The molecule has 0 amide bonds. The molecule has 0 aromatic heterocycles. The van der Waals surface area contributed by atoms with Crippen molar-refractivity contribution in [1.82, 2.24) is 9.25 Å². The number of hydrazine groups is 1. The minimum absolute atomic E-state index is 0.950. The molecule has 0 aliphatic carbocycles. The summed E-state index contributed by atoms with van der Waals surface area (Å²) in [7, 11) is 3.37. The zero-order chi connectivity index (χ0) is 8.10. The molecule has 0 atom stereocenters. The standard InChI is InChI=1S/C5H8N2S4/c1-2-3-9-11-7-6-4-5(8)10-7/h2,4,6,8H,1,3H2. The average Bonchev–Trinajstić information content (AvgIpc) is 2.37. The second kappa shape index (κ2) is 5.31. The van der Waals surface area contributed by atoms with Crippen molar-refractivity contribution < 1.29 is 0 Å². The summed E-state index contributed by atoms with van der Waals surface area (Å²) in [4.78, 5) is 0. The van der Waals surface area contributed by atoms with Gasteiger partial charge in [0, 0.05) is 34.9 Å². The van der Waals surface area contributed by atoms with E-state index in [0.29, 0.717) is 0 Å². The molecule has 0 spiro atoms. The molecular formula is C5H8N2S4. The van der Waals surface area contributed by atoms with Crippen LogP contribution < -0.4 is 5.43 Å². The van der Waals surface area contributed by atoms with Crippen molar-refractivity contribution in [3.05, 3.63) is 23.1 Å². The zero-order valence-electron chi connectivity index (χ0n) is 5.69. The second-order valence-corrected chi connectivity index (χ2v) is 5.85. The normalized spacial score (nSPS) is 17.7. The van der Waals surface area contributed by atoms with Crippen LogP contribution in [-0.4, -0.2) is 9.57 Å². The molecule has 62 valence electrons. The van der Waals surface area contributed by atoms with Gasteiger partial charge in [-0.15, -0.1) is 19.2 Å². The molecule has 1 N–H and O–H groups in total. The lowest BCUT2D eigenvalue weighted by molar-refractivity contribution is 0.674. The first kappa shape index (κ1) is 9.73. The molecule has 1 aliphatic heterocycles. The SMILES string of the molecule is C=CCSSN1NC=C(S)S1. The van der Waals surface area contributed by atoms with E-state index in [1.54, 1.807) is 33.7 Å². The van der Waals surface area contributed by atoms with Gasteiger partial charge in [-0.25, -0.2) is 0 Å². The highest BCUT2D eigenvalue weighted by Gasteiger charge is 2.12. The Balaban J connectivity index is 2.06. The van der Waals surface area contributed by atoms with Crippen LogP contribution in [0.3, 0.4) is 0 Å². The predicted octanol–water partition coefficient (Wildman–Crippen LogP) is 2.67. The van der Waals surface area contributed by atoms with Gasteiger partial charge in [0.25, 0.3) is 0 Å².